The largest absolute Gasteiger partial charge is 0.434 e. The number of fused-ring (bicyclic) bond motifs is 3. The van der Waals surface area contributed by atoms with Crippen molar-refractivity contribution >= 4 is 17.4 Å². The van der Waals surface area contributed by atoms with Crippen LogP contribution in [0.25, 0.3) is 5.65 Å². The number of carbonyl (C=O) groups is 1. The van der Waals surface area contributed by atoms with E-state index in [0.717, 1.165) is 12.6 Å². The lowest BCUT2D eigenvalue weighted by Crippen LogP contribution is -2.70. The Morgan fingerprint density at radius 1 is 1.14 bits per heavy atom. The minimum atomic E-state index is -4.67. The van der Waals surface area contributed by atoms with Crippen LogP contribution in [0.1, 0.15) is 22.5 Å². The van der Waals surface area contributed by atoms with Gasteiger partial charge in [-0.1, -0.05) is 0 Å². The van der Waals surface area contributed by atoms with Crippen molar-refractivity contribution in [2.75, 3.05) is 18.0 Å². The van der Waals surface area contributed by atoms with Crippen LogP contribution in [0, 0.1) is 0 Å². The molecule has 2 bridgehead atoms. The summed E-state index contributed by atoms with van der Waals surface area (Å²) in [6, 6.07) is 5.83. The monoisotopic (exact) mass is 389 g/mol. The molecule has 0 N–H and O–H groups in total. The second-order valence-electron chi connectivity index (χ2n) is 6.88. The number of piperidine rings is 1. The predicted molar refractivity (Wildman–Crippen MR) is 90.6 cm³/mol. The predicted octanol–water partition coefficient (Wildman–Crippen LogP) is 1.64. The van der Waals surface area contributed by atoms with E-state index < -0.39 is 23.3 Å². The molecule has 2 atom stereocenters. The number of pyridine rings is 1. The highest BCUT2D eigenvalue weighted by molar-refractivity contribution is 5.96. The first-order valence-electron chi connectivity index (χ1n) is 8.69. The van der Waals surface area contributed by atoms with Gasteiger partial charge >= 0.3 is 6.18 Å². The third kappa shape index (κ3) is 2.57. The van der Waals surface area contributed by atoms with Crippen LogP contribution in [0.15, 0.2) is 36.8 Å². The average molecular weight is 389 g/mol. The lowest BCUT2D eigenvalue weighted by molar-refractivity contribution is -0.141. The summed E-state index contributed by atoms with van der Waals surface area (Å²) in [5.74, 6) is 0.0926. The van der Waals surface area contributed by atoms with E-state index in [1.807, 2.05) is 11.0 Å². The molecule has 0 aliphatic carbocycles. The fraction of sp³-hybridized carbons (Fsp3) is 0.353. The Balaban J connectivity index is 1.37. The highest BCUT2D eigenvalue weighted by atomic mass is 19.4. The van der Waals surface area contributed by atoms with E-state index in [1.165, 1.54) is 18.5 Å². The number of hydrogen-bond acceptors (Lipinski definition) is 6. The molecule has 0 radical (unpaired) electrons. The SMILES string of the molecule is O=C(c1cccnc1C(F)(F)F)N1C2CC1CN(c1ccc3nncn3n1)C2. The highest BCUT2D eigenvalue weighted by Gasteiger charge is 2.49. The van der Waals surface area contributed by atoms with Crippen LogP contribution in [0.4, 0.5) is 19.0 Å². The van der Waals surface area contributed by atoms with Crippen molar-refractivity contribution in [3.8, 4) is 0 Å². The van der Waals surface area contributed by atoms with Gasteiger partial charge in [-0.05, 0) is 30.7 Å². The number of hydrogen-bond donors (Lipinski definition) is 0. The molecule has 0 spiro atoms. The van der Waals surface area contributed by atoms with Crippen molar-refractivity contribution in [1.29, 1.82) is 0 Å². The zero-order valence-corrected chi connectivity index (χ0v) is 14.4. The molecule has 3 fully saturated rings. The van der Waals surface area contributed by atoms with E-state index in [1.54, 1.807) is 15.5 Å². The number of anilines is 1. The molecule has 1 amide bonds. The van der Waals surface area contributed by atoms with Gasteiger partial charge in [-0.2, -0.15) is 17.7 Å². The number of alkyl halides is 3. The van der Waals surface area contributed by atoms with Crippen LogP contribution in [0.3, 0.4) is 0 Å². The Bertz CT molecular complexity index is 1050. The van der Waals surface area contributed by atoms with E-state index in [4.69, 9.17) is 0 Å². The van der Waals surface area contributed by atoms with Gasteiger partial charge in [-0.25, -0.2) is 0 Å². The molecule has 3 aromatic heterocycles. The maximum absolute atomic E-state index is 13.2. The van der Waals surface area contributed by atoms with E-state index in [9.17, 15) is 18.0 Å². The van der Waals surface area contributed by atoms with Gasteiger partial charge in [0.25, 0.3) is 5.91 Å². The van der Waals surface area contributed by atoms with Gasteiger partial charge in [0.2, 0.25) is 0 Å². The smallest absolute Gasteiger partial charge is 0.351 e. The quantitative estimate of drug-likeness (QED) is 0.663. The Morgan fingerprint density at radius 3 is 2.68 bits per heavy atom. The maximum Gasteiger partial charge on any atom is 0.434 e. The Morgan fingerprint density at radius 2 is 1.93 bits per heavy atom. The summed E-state index contributed by atoms with van der Waals surface area (Å²) in [5.41, 5.74) is -0.914. The Labute approximate surface area is 156 Å². The van der Waals surface area contributed by atoms with Crippen molar-refractivity contribution in [3.05, 3.63) is 48.0 Å². The number of rotatable bonds is 2. The molecular weight excluding hydrogens is 375 g/mol. The minimum absolute atomic E-state index is 0.161. The molecule has 0 saturated carbocycles. The molecule has 2 unspecified atom stereocenters. The van der Waals surface area contributed by atoms with E-state index >= 15 is 0 Å². The lowest BCUT2D eigenvalue weighted by Gasteiger charge is -2.56. The van der Waals surface area contributed by atoms with Crippen molar-refractivity contribution < 1.29 is 18.0 Å². The van der Waals surface area contributed by atoms with Crippen LogP contribution >= 0.6 is 0 Å². The molecule has 144 valence electrons. The van der Waals surface area contributed by atoms with Gasteiger partial charge in [0.15, 0.2) is 11.3 Å². The van der Waals surface area contributed by atoms with Crippen LogP contribution in [0.2, 0.25) is 0 Å². The molecule has 0 aromatic carbocycles. The van der Waals surface area contributed by atoms with Gasteiger partial charge in [0.1, 0.15) is 12.1 Å². The maximum atomic E-state index is 13.2. The number of carbonyl (C=O) groups excluding carboxylic acids is 1. The zero-order valence-electron chi connectivity index (χ0n) is 14.4. The molecule has 28 heavy (non-hydrogen) atoms. The molecule has 3 aliphatic heterocycles. The standard InChI is InChI=1S/C17H14F3N7O/c18-17(19,20)15-12(2-1-5-21-15)16(28)27-10-6-11(27)8-25(7-10)14-4-3-13-23-22-9-26(13)24-14/h1-5,9-11H,6-8H2. The minimum Gasteiger partial charge on any atom is -0.351 e. The van der Waals surface area contributed by atoms with Crippen molar-refractivity contribution in [2.45, 2.75) is 24.7 Å². The second-order valence-corrected chi connectivity index (χ2v) is 6.88. The number of halogens is 3. The molecule has 3 saturated heterocycles. The summed E-state index contributed by atoms with van der Waals surface area (Å²) >= 11 is 0. The number of aromatic nitrogens is 5. The van der Waals surface area contributed by atoms with Crippen LogP contribution in [-0.4, -0.2) is 60.8 Å². The first kappa shape index (κ1) is 16.9. The van der Waals surface area contributed by atoms with Crippen LogP contribution in [-0.2, 0) is 6.18 Å². The number of piperazine rings is 1. The summed E-state index contributed by atoms with van der Waals surface area (Å²) in [7, 11) is 0. The van der Waals surface area contributed by atoms with Gasteiger partial charge in [0.05, 0.1) is 17.6 Å². The molecular formula is C17H14F3N7O. The summed E-state index contributed by atoms with van der Waals surface area (Å²) < 4.78 is 41.2. The molecule has 6 heterocycles. The number of amides is 1. The Kier molecular flexibility index (Phi) is 3.55. The van der Waals surface area contributed by atoms with Crippen molar-refractivity contribution in [2.24, 2.45) is 0 Å². The van der Waals surface area contributed by atoms with Gasteiger partial charge < -0.3 is 9.80 Å². The zero-order chi connectivity index (χ0) is 19.5. The lowest BCUT2D eigenvalue weighted by atomic mass is 9.86. The summed E-state index contributed by atoms with van der Waals surface area (Å²) in [5, 5.41) is 12.1. The average Bonchev–Trinajstić information content (AvgIpc) is 3.15. The molecule has 3 aliphatic rings. The summed E-state index contributed by atoms with van der Waals surface area (Å²) in [6.45, 7) is 1.01. The van der Waals surface area contributed by atoms with Gasteiger partial charge in [-0.3, -0.25) is 9.78 Å². The van der Waals surface area contributed by atoms with Gasteiger partial charge in [-0.15, -0.1) is 15.3 Å². The van der Waals surface area contributed by atoms with Crippen LogP contribution < -0.4 is 4.90 Å². The first-order valence-corrected chi connectivity index (χ1v) is 8.69. The topological polar surface area (TPSA) is 79.5 Å². The van der Waals surface area contributed by atoms with Crippen LogP contribution in [0.5, 0.6) is 0 Å². The van der Waals surface area contributed by atoms with Crippen molar-refractivity contribution in [3.63, 3.8) is 0 Å². The summed E-state index contributed by atoms with van der Waals surface area (Å²) in [6.07, 6.45) is -1.36. The molecule has 6 rings (SSSR count). The first-order chi connectivity index (χ1) is 13.4. The normalized spacial score (nSPS) is 21.7. The highest BCUT2D eigenvalue weighted by Crippen LogP contribution is 2.37. The van der Waals surface area contributed by atoms with E-state index in [-0.39, 0.29) is 12.1 Å². The second kappa shape index (κ2) is 5.88. The van der Waals surface area contributed by atoms with Gasteiger partial charge in [0, 0.05) is 19.3 Å². The molecule has 11 heteroatoms. The van der Waals surface area contributed by atoms with Crippen molar-refractivity contribution in [1.82, 2.24) is 29.7 Å². The third-order valence-corrected chi connectivity index (χ3v) is 5.21. The molecule has 8 nitrogen and oxygen atoms in total. The Hall–Kier alpha value is -3.24. The van der Waals surface area contributed by atoms with E-state index in [0.29, 0.717) is 24.6 Å². The fourth-order valence-electron chi connectivity index (χ4n) is 3.96. The third-order valence-electron chi connectivity index (χ3n) is 5.21. The fourth-order valence-corrected chi connectivity index (χ4v) is 3.96. The molecule has 3 aromatic rings. The van der Waals surface area contributed by atoms with E-state index in [2.05, 4.69) is 20.3 Å². The summed E-state index contributed by atoms with van der Waals surface area (Å²) in [4.78, 5) is 19.8. The number of nitrogens with zero attached hydrogens (tertiary/aromatic N) is 7.